The lowest BCUT2D eigenvalue weighted by atomic mass is 10.1. The molecule has 3 rings (SSSR count). The lowest BCUT2D eigenvalue weighted by Gasteiger charge is -2.17. The molecule has 1 N–H and O–H groups in total. The first kappa shape index (κ1) is 14.8. The highest BCUT2D eigenvalue weighted by Gasteiger charge is 2.09. The maximum absolute atomic E-state index is 9.95. The van der Waals surface area contributed by atoms with Gasteiger partial charge in [0.25, 0.3) is 0 Å². The minimum absolute atomic E-state index is 0.159. The molecule has 0 saturated carbocycles. The minimum Gasteiger partial charge on any atom is -0.506 e. The number of nitrogens with zero attached hydrogens (tertiary/aromatic N) is 2. The molecule has 112 valence electrons. The lowest BCUT2D eigenvalue weighted by molar-refractivity contribution is 0.315. The van der Waals surface area contributed by atoms with Gasteiger partial charge in [0.05, 0.1) is 10.7 Å². The Morgan fingerprint density at radius 1 is 1.05 bits per heavy atom. The van der Waals surface area contributed by atoms with Crippen molar-refractivity contribution in [1.29, 1.82) is 0 Å². The van der Waals surface area contributed by atoms with Crippen molar-refractivity contribution in [2.24, 2.45) is 0 Å². The van der Waals surface area contributed by atoms with Gasteiger partial charge in [-0.3, -0.25) is 4.90 Å². The zero-order valence-electron chi connectivity index (χ0n) is 12.3. The van der Waals surface area contributed by atoms with Crippen molar-refractivity contribution in [3.63, 3.8) is 0 Å². The second-order valence-electron chi connectivity index (χ2n) is 5.43. The number of halogens is 1. The molecule has 0 radical (unpaired) electrons. The second kappa shape index (κ2) is 6.34. The van der Waals surface area contributed by atoms with E-state index in [0.717, 1.165) is 17.6 Å². The van der Waals surface area contributed by atoms with Crippen LogP contribution in [0.2, 0.25) is 5.02 Å². The summed E-state index contributed by atoms with van der Waals surface area (Å²) >= 11 is 6.31. The Morgan fingerprint density at radius 2 is 1.82 bits per heavy atom. The standard InChI is InChI=1S/C18H17ClN2O/c1-21(11-13-6-3-2-4-7-13)12-14-10-16(19)15-8-5-9-17(22)18(15)20-14/h2-10,22H,11-12H2,1H3. The summed E-state index contributed by atoms with van der Waals surface area (Å²) in [6.45, 7) is 1.50. The van der Waals surface area contributed by atoms with Crippen LogP contribution in [0.3, 0.4) is 0 Å². The molecule has 1 heterocycles. The normalized spacial score (nSPS) is 11.2. The Morgan fingerprint density at radius 3 is 2.59 bits per heavy atom. The highest BCUT2D eigenvalue weighted by molar-refractivity contribution is 6.35. The predicted octanol–water partition coefficient (Wildman–Crippen LogP) is 4.23. The van der Waals surface area contributed by atoms with Crippen molar-refractivity contribution in [2.45, 2.75) is 13.1 Å². The Balaban J connectivity index is 1.83. The van der Waals surface area contributed by atoms with E-state index in [9.17, 15) is 5.11 Å². The number of pyridine rings is 1. The largest absolute Gasteiger partial charge is 0.506 e. The smallest absolute Gasteiger partial charge is 0.141 e. The summed E-state index contributed by atoms with van der Waals surface area (Å²) in [5.41, 5.74) is 2.65. The number of fused-ring (bicyclic) bond motifs is 1. The fourth-order valence-electron chi connectivity index (χ4n) is 2.55. The molecule has 2 aromatic carbocycles. The van der Waals surface area contributed by atoms with Crippen LogP contribution in [0.5, 0.6) is 5.75 Å². The average Bonchev–Trinajstić information content (AvgIpc) is 2.49. The van der Waals surface area contributed by atoms with Gasteiger partial charge in [0.2, 0.25) is 0 Å². The number of benzene rings is 2. The molecule has 0 aliphatic heterocycles. The third-order valence-corrected chi connectivity index (χ3v) is 3.86. The first-order valence-electron chi connectivity index (χ1n) is 7.13. The maximum Gasteiger partial charge on any atom is 0.141 e. The molecule has 0 saturated heterocycles. The third-order valence-electron chi connectivity index (χ3n) is 3.55. The average molecular weight is 313 g/mol. The SMILES string of the molecule is CN(Cc1ccccc1)Cc1cc(Cl)c2cccc(O)c2n1. The summed E-state index contributed by atoms with van der Waals surface area (Å²) in [4.78, 5) is 6.71. The van der Waals surface area contributed by atoms with Crippen molar-refractivity contribution in [3.8, 4) is 5.75 Å². The van der Waals surface area contributed by atoms with Gasteiger partial charge >= 0.3 is 0 Å². The highest BCUT2D eigenvalue weighted by atomic mass is 35.5. The van der Waals surface area contributed by atoms with E-state index in [0.29, 0.717) is 17.1 Å². The number of aromatic hydroxyl groups is 1. The van der Waals surface area contributed by atoms with Crippen molar-refractivity contribution >= 4 is 22.5 Å². The number of hydrogen-bond acceptors (Lipinski definition) is 3. The molecule has 0 bridgehead atoms. The summed E-state index contributed by atoms with van der Waals surface area (Å²) in [6, 6.07) is 17.4. The van der Waals surface area contributed by atoms with Crippen LogP contribution in [0.15, 0.2) is 54.6 Å². The molecule has 0 fully saturated rings. The third kappa shape index (κ3) is 3.21. The Bertz CT molecular complexity index is 790. The van der Waals surface area contributed by atoms with Crippen molar-refractivity contribution in [3.05, 3.63) is 70.9 Å². The fraction of sp³-hybridized carbons (Fsp3) is 0.167. The van der Waals surface area contributed by atoms with Gasteiger partial charge in [0, 0.05) is 18.5 Å². The summed E-state index contributed by atoms with van der Waals surface area (Å²) in [6.07, 6.45) is 0. The van der Waals surface area contributed by atoms with Gasteiger partial charge in [-0.2, -0.15) is 0 Å². The highest BCUT2D eigenvalue weighted by Crippen LogP contribution is 2.29. The van der Waals surface area contributed by atoms with Gasteiger partial charge in [-0.25, -0.2) is 4.98 Å². The summed E-state index contributed by atoms with van der Waals surface area (Å²) in [7, 11) is 2.04. The van der Waals surface area contributed by atoms with Gasteiger partial charge < -0.3 is 5.11 Å². The molecule has 4 heteroatoms. The van der Waals surface area contributed by atoms with E-state index in [1.54, 1.807) is 12.1 Å². The first-order chi connectivity index (χ1) is 10.6. The molecule has 0 atom stereocenters. The number of aromatic nitrogens is 1. The molecule has 0 aliphatic carbocycles. The first-order valence-corrected chi connectivity index (χ1v) is 7.51. The van der Waals surface area contributed by atoms with Crippen LogP contribution in [-0.4, -0.2) is 22.0 Å². The molecule has 0 spiro atoms. The van der Waals surface area contributed by atoms with E-state index in [4.69, 9.17) is 11.6 Å². The molecule has 0 unspecified atom stereocenters. The van der Waals surface area contributed by atoms with Crippen LogP contribution in [0, 0.1) is 0 Å². The second-order valence-corrected chi connectivity index (χ2v) is 5.83. The molecule has 22 heavy (non-hydrogen) atoms. The Hall–Kier alpha value is -2.10. The number of phenolic OH excluding ortho intramolecular Hbond substituents is 1. The van der Waals surface area contributed by atoms with E-state index in [1.165, 1.54) is 5.56 Å². The number of para-hydroxylation sites is 1. The van der Waals surface area contributed by atoms with Crippen molar-refractivity contribution < 1.29 is 5.11 Å². The van der Waals surface area contributed by atoms with Crippen molar-refractivity contribution in [2.75, 3.05) is 7.05 Å². The van der Waals surface area contributed by atoms with E-state index in [1.807, 2.05) is 37.4 Å². The van der Waals surface area contributed by atoms with Crippen LogP contribution >= 0.6 is 11.6 Å². The minimum atomic E-state index is 0.159. The molecule has 0 aliphatic rings. The Labute approximate surface area is 134 Å². The molecule has 0 amide bonds. The number of phenols is 1. The zero-order chi connectivity index (χ0) is 15.5. The van der Waals surface area contributed by atoms with E-state index >= 15 is 0 Å². The van der Waals surface area contributed by atoms with Crippen LogP contribution < -0.4 is 0 Å². The van der Waals surface area contributed by atoms with Crippen LogP contribution in [0.4, 0.5) is 0 Å². The van der Waals surface area contributed by atoms with Crippen LogP contribution in [0.25, 0.3) is 10.9 Å². The number of rotatable bonds is 4. The summed E-state index contributed by atoms with van der Waals surface area (Å²) in [5, 5.41) is 11.3. The summed E-state index contributed by atoms with van der Waals surface area (Å²) < 4.78 is 0. The molecule has 3 aromatic rings. The topological polar surface area (TPSA) is 36.4 Å². The maximum atomic E-state index is 9.95. The lowest BCUT2D eigenvalue weighted by Crippen LogP contribution is -2.18. The van der Waals surface area contributed by atoms with Gasteiger partial charge in [-0.15, -0.1) is 0 Å². The quantitative estimate of drug-likeness (QED) is 0.783. The predicted molar refractivity (Wildman–Crippen MR) is 90.0 cm³/mol. The molecular formula is C18H17ClN2O. The zero-order valence-corrected chi connectivity index (χ0v) is 13.1. The van der Waals surface area contributed by atoms with Gasteiger partial charge in [-0.1, -0.05) is 54.1 Å². The van der Waals surface area contributed by atoms with Gasteiger partial charge in [0.1, 0.15) is 11.3 Å². The van der Waals surface area contributed by atoms with E-state index in [-0.39, 0.29) is 5.75 Å². The molecule has 1 aromatic heterocycles. The number of hydrogen-bond donors (Lipinski definition) is 1. The van der Waals surface area contributed by atoms with E-state index in [2.05, 4.69) is 22.0 Å². The Kier molecular flexibility index (Phi) is 4.27. The fourth-order valence-corrected chi connectivity index (χ4v) is 2.83. The molecule has 3 nitrogen and oxygen atoms in total. The van der Waals surface area contributed by atoms with E-state index < -0.39 is 0 Å². The molecular weight excluding hydrogens is 296 g/mol. The van der Waals surface area contributed by atoms with Crippen LogP contribution in [-0.2, 0) is 13.1 Å². The monoisotopic (exact) mass is 312 g/mol. The van der Waals surface area contributed by atoms with Gasteiger partial charge in [0.15, 0.2) is 0 Å². The van der Waals surface area contributed by atoms with Crippen molar-refractivity contribution in [1.82, 2.24) is 9.88 Å². The summed E-state index contributed by atoms with van der Waals surface area (Å²) in [5.74, 6) is 0.159. The van der Waals surface area contributed by atoms with Gasteiger partial charge in [-0.05, 0) is 24.7 Å². The van der Waals surface area contributed by atoms with Crippen LogP contribution in [0.1, 0.15) is 11.3 Å².